The molecule has 0 unspecified atom stereocenters. The van der Waals surface area contributed by atoms with Crippen molar-refractivity contribution in [1.29, 1.82) is 0 Å². The van der Waals surface area contributed by atoms with Gasteiger partial charge in [0, 0.05) is 11.8 Å². The molecular formula is C17H14. The monoisotopic (exact) mass is 218 g/mol. The van der Waals surface area contributed by atoms with Crippen LogP contribution in [0.15, 0.2) is 60.7 Å². The van der Waals surface area contributed by atoms with Crippen LogP contribution in [0.1, 0.15) is 40.5 Å². The van der Waals surface area contributed by atoms with Crippen LogP contribution in [0.5, 0.6) is 0 Å². The number of rotatable bonds is 0. The minimum atomic E-state index is 0.437. The molecule has 17 heavy (non-hydrogen) atoms. The van der Waals surface area contributed by atoms with Crippen molar-refractivity contribution in [3.05, 3.63) is 82.9 Å². The second kappa shape index (κ2) is 3.10. The summed E-state index contributed by atoms with van der Waals surface area (Å²) in [5.41, 5.74) is 7.37. The standard InChI is InChI=1S/C17H14/c1-11-10-16-12-6-2-4-8-14(12)17(11)15-9-5-3-7-13(15)16/h2-9,16-17H,1,10H2. The molecule has 0 amide bonds. The third-order valence-corrected chi connectivity index (χ3v) is 4.24. The van der Waals surface area contributed by atoms with Crippen molar-refractivity contribution in [3.63, 3.8) is 0 Å². The maximum atomic E-state index is 4.29. The van der Waals surface area contributed by atoms with Crippen LogP contribution in [-0.2, 0) is 0 Å². The topological polar surface area (TPSA) is 0 Å². The highest BCUT2D eigenvalue weighted by Crippen LogP contribution is 2.54. The van der Waals surface area contributed by atoms with Crippen molar-refractivity contribution in [1.82, 2.24) is 0 Å². The third kappa shape index (κ3) is 1.08. The summed E-state index contributed by atoms with van der Waals surface area (Å²) in [4.78, 5) is 0. The highest BCUT2D eigenvalue weighted by atomic mass is 14.4. The van der Waals surface area contributed by atoms with Gasteiger partial charge in [0.1, 0.15) is 0 Å². The minimum absolute atomic E-state index is 0.437. The van der Waals surface area contributed by atoms with E-state index in [9.17, 15) is 0 Å². The molecule has 0 heterocycles. The summed E-state index contributed by atoms with van der Waals surface area (Å²) in [5.74, 6) is 0.979. The van der Waals surface area contributed by atoms with Crippen LogP contribution in [0.4, 0.5) is 0 Å². The van der Waals surface area contributed by atoms with Crippen molar-refractivity contribution in [2.24, 2.45) is 0 Å². The number of fused-ring (bicyclic) bond motifs is 1. The molecule has 0 fully saturated rings. The lowest BCUT2D eigenvalue weighted by Gasteiger charge is -2.41. The highest BCUT2D eigenvalue weighted by Gasteiger charge is 2.38. The van der Waals surface area contributed by atoms with E-state index in [1.165, 1.54) is 27.8 Å². The van der Waals surface area contributed by atoms with Gasteiger partial charge in [-0.05, 0) is 28.7 Å². The van der Waals surface area contributed by atoms with Gasteiger partial charge < -0.3 is 0 Å². The van der Waals surface area contributed by atoms with Crippen LogP contribution in [0.3, 0.4) is 0 Å². The molecule has 3 aliphatic carbocycles. The summed E-state index contributed by atoms with van der Waals surface area (Å²) in [6.07, 6.45) is 1.12. The van der Waals surface area contributed by atoms with Crippen LogP contribution in [0.2, 0.25) is 0 Å². The quantitative estimate of drug-likeness (QED) is 0.581. The first-order chi connectivity index (χ1) is 8.36. The first-order valence-electron chi connectivity index (χ1n) is 6.21. The molecule has 0 saturated carbocycles. The fraction of sp³-hybridized carbons (Fsp3) is 0.176. The molecule has 2 aromatic carbocycles. The second-order valence-corrected chi connectivity index (χ2v) is 5.11. The molecule has 0 radical (unpaired) electrons. The van der Waals surface area contributed by atoms with Gasteiger partial charge >= 0.3 is 0 Å². The Balaban J connectivity index is 2.08. The van der Waals surface area contributed by atoms with Gasteiger partial charge in [-0.25, -0.2) is 0 Å². The van der Waals surface area contributed by atoms with Gasteiger partial charge in [-0.3, -0.25) is 0 Å². The summed E-state index contributed by atoms with van der Waals surface area (Å²) < 4.78 is 0. The van der Waals surface area contributed by atoms with E-state index >= 15 is 0 Å². The summed E-state index contributed by atoms with van der Waals surface area (Å²) in [6.45, 7) is 4.29. The van der Waals surface area contributed by atoms with Crippen LogP contribution in [0, 0.1) is 0 Å². The molecule has 82 valence electrons. The third-order valence-electron chi connectivity index (χ3n) is 4.24. The van der Waals surface area contributed by atoms with Gasteiger partial charge in [-0.2, -0.15) is 0 Å². The van der Waals surface area contributed by atoms with E-state index in [0.717, 1.165) is 6.42 Å². The molecule has 2 bridgehead atoms. The molecule has 3 aliphatic rings. The predicted octanol–water partition coefficient (Wildman–Crippen LogP) is 4.22. The van der Waals surface area contributed by atoms with E-state index in [-0.39, 0.29) is 0 Å². The molecule has 0 nitrogen and oxygen atoms in total. The molecular weight excluding hydrogens is 204 g/mol. The van der Waals surface area contributed by atoms with Crippen LogP contribution >= 0.6 is 0 Å². The van der Waals surface area contributed by atoms with E-state index in [1.807, 2.05) is 0 Å². The van der Waals surface area contributed by atoms with E-state index in [2.05, 4.69) is 55.1 Å². The number of allylic oxidation sites excluding steroid dienone is 1. The molecule has 0 saturated heterocycles. The van der Waals surface area contributed by atoms with Crippen molar-refractivity contribution in [3.8, 4) is 0 Å². The molecule has 2 aromatic rings. The smallest absolute Gasteiger partial charge is 0.0302 e. The first kappa shape index (κ1) is 9.23. The molecule has 0 N–H and O–H groups in total. The Morgan fingerprint density at radius 3 is 1.76 bits per heavy atom. The lowest BCUT2D eigenvalue weighted by Crippen LogP contribution is -2.26. The van der Waals surface area contributed by atoms with E-state index in [0.29, 0.717) is 11.8 Å². The summed E-state index contributed by atoms with van der Waals surface area (Å²) in [7, 11) is 0. The lowest BCUT2D eigenvalue weighted by molar-refractivity contribution is 0.636. The largest absolute Gasteiger partial charge is 0.0989 e. The van der Waals surface area contributed by atoms with Gasteiger partial charge in [0.25, 0.3) is 0 Å². The van der Waals surface area contributed by atoms with Crippen molar-refractivity contribution in [2.75, 3.05) is 0 Å². The Labute approximate surface area is 102 Å². The van der Waals surface area contributed by atoms with Gasteiger partial charge in [0.05, 0.1) is 0 Å². The van der Waals surface area contributed by atoms with E-state index in [1.54, 1.807) is 0 Å². The number of hydrogen-bond donors (Lipinski definition) is 0. The molecule has 0 spiro atoms. The summed E-state index contributed by atoms with van der Waals surface area (Å²) >= 11 is 0. The molecule has 0 aromatic heterocycles. The normalized spacial score (nSPS) is 24.4. The zero-order valence-corrected chi connectivity index (χ0v) is 9.69. The average Bonchev–Trinajstić information content (AvgIpc) is 2.39. The molecule has 0 atom stereocenters. The molecule has 0 aliphatic heterocycles. The Morgan fingerprint density at radius 2 is 1.24 bits per heavy atom. The average molecular weight is 218 g/mol. The summed E-state index contributed by atoms with van der Waals surface area (Å²) in [5, 5.41) is 0. The lowest BCUT2D eigenvalue weighted by atomic mass is 9.62. The van der Waals surface area contributed by atoms with Gasteiger partial charge in [-0.15, -0.1) is 0 Å². The number of benzene rings is 2. The van der Waals surface area contributed by atoms with Crippen LogP contribution in [0.25, 0.3) is 0 Å². The van der Waals surface area contributed by atoms with Crippen molar-refractivity contribution < 1.29 is 0 Å². The maximum Gasteiger partial charge on any atom is 0.0302 e. The van der Waals surface area contributed by atoms with E-state index in [4.69, 9.17) is 0 Å². The minimum Gasteiger partial charge on any atom is -0.0989 e. The van der Waals surface area contributed by atoms with Crippen LogP contribution in [-0.4, -0.2) is 0 Å². The highest BCUT2D eigenvalue weighted by molar-refractivity contribution is 5.60. The predicted molar refractivity (Wildman–Crippen MR) is 70.3 cm³/mol. The summed E-state index contributed by atoms with van der Waals surface area (Å²) in [6, 6.07) is 17.7. The second-order valence-electron chi connectivity index (χ2n) is 5.11. The Bertz CT molecular complexity index is 574. The van der Waals surface area contributed by atoms with E-state index < -0.39 is 0 Å². The zero-order valence-electron chi connectivity index (χ0n) is 9.69. The molecule has 0 heteroatoms. The Kier molecular flexibility index (Phi) is 1.69. The zero-order chi connectivity index (χ0) is 11.4. The fourth-order valence-electron chi connectivity index (χ4n) is 3.56. The number of hydrogen-bond acceptors (Lipinski definition) is 0. The fourth-order valence-corrected chi connectivity index (χ4v) is 3.56. The molecule has 5 rings (SSSR count). The first-order valence-corrected chi connectivity index (χ1v) is 6.21. The maximum absolute atomic E-state index is 4.29. The SMILES string of the molecule is C=C1CC2c3ccccc3C1c1ccccc12. The van der Waals surface area contributed by atoms with Gasteiger partial charge in [0.2, 0.25) is 0 Å². The van der Waals surface area contributed by atoms with Crippen molar-refractivity contribution in [2.45, 2.75) is 18.3 Å². The Hall–Kier alpha value is -1.82. The van der Waals surface area contributed by atoms with Gasteiger partial charge in [-0.1, -0.05) is 60.7 Å². The van der Waals surface area contributed by atoms with Gasteiger partial charge in [0.15, 0.2) is 0 Å². The Morgan fingerprint density at radius 1 is 0.765 bits per heavy atom. The van der Waals surface area contributed by atoms with Crippen molar-refractivity contribution >= 4 is 0 Å². The van der Waals surface area contributed by atoms with Crippen LogP contribution < -0.4 is 0 Å².